The Morgan fingerprint density at radius 3 is 2.05 bits per heavy atom. The first-order valence-corrected chi connectivity index (χ1v) is 10.4. The molecular weight excluding hydrogens is 475 g/mol. The summed E-state index contributed by atoms with van der Waals surface area (Å²) >= 11 is 0. The molecule has 168 valence electrons. The predicted octanol–water partition coefficient (Wildman–Crippen LogP) is -1.56. The highest BCUT2D eigenvalue weighted by Crippen LogP contribution is 2.37. The van der Waals surface area contributed by atoms with Crippen LogP contribution in [0, 0.1) is 0 Å². The minimum atomic E-state index is -4.84. The fourth-order valence-electron chi connectivity index (χ4n) is 3.57. The first kappa shape index (κ1) is 26.9. The lowest BCUT2D eigenvalue weighted by Gasteiger charge is -2.49. The van der Waals surface area contributed by atoms with Gasteiger partial charge in [-0.15, -0.1) is 13.2 Å². The van der Waals surface area contributed by atoms with Crippen LogP contribution in [0.5, 0.6) is 11.5 Å². The average molecular weight is 484 g/mol. The van der Waals surface area contributed by atoms with Gasteiger partial charge < -0.3 is 14.4 Å². The minimum absolute atomic E-state index is 0.0456. The van der Waals surface area contributed by atoms with E-state index in [2.05, 4.69) is 14.7 Å². The van der Waals surface area contributed by atoms with Crippen LogP contribution in [0.2, 0.25) is 0 Å². The molecule has 0 atom stereocenters. The van der Waals surface area contributed by atoms with Crippen molar-refractivity contribution in [3.8, 4) is 22.6 Å². The van der Waals surface area contributed by atoms with Gasteiger partial charge in [0.2, 0.25) is 0 Å². The van der Waals surface area contributed by atoms with Crippen molar-refractivity contribution < 1.29 is 27.4 Å². The van der Waals surface area contributed by atoms with E-state index in [0.29, 0.717) is 11.1 Å². The number of halogens is 3. The fraction of sp³-hybridized carbons (Fsp3) is 0.190. The van der Waals surface area contributed by atoms with Crippen molar-refractivity contribution in [1.29, 1.82) is 0 Å². The number of hydrogen-bond acceptors (Lipinski definition) is 5. The maximum Gasteiger partial charge on any atom is 0.573 e. The summed E-state index contributed by atoms with van der Waals surface area (Å²) in [6.45, 7) is -0.437. The number of aromatic nitrogens is 2. The second-order valence-electron chi connectivity index (χ2n) is 8.22. The number of rotatable bonds is 4. The molecule has 1 aliphatic rings. The van der Waals surface area contributed by atoms with Gasteiger partial charge in [0.25, 0.3) is 5.91 Å². The number of carbonyl (C=O) groups excluding carboxylic acids is 1. The van der Waals surface area contributed by atoms with Gasteiger partial charge in [-0.3, -0.25) is 4.79 Å². The van der Waals surface area contributed by atoms with Crippen molar-refractivity contribution >= 4 is 77.5 Å². The van der Waals surface area contributed by atoms with Gasteiger partial charge in [0, 0.05) is 5.40 Å². The van der Waals surface area contributed by atoms with Gasteiger partial charge in [-0.05, 0) is 51.9 Å². The number of ether oxygens (including phenoxy) is 2. The molecule has 1 aliphatic heterocycles. The van der Waals surface area contributed by atoms with Gasteiger partial charge >= 0.3 is 6.36 Å². The lowest BCUT2D eigenvalue weighted by atomic mass is 9.39. The summed E-state index contributed by atoms with van der Waals surface area (Å²) < 4.78 is 46.9. The molecular formula is C21H9B7F3N3O3. The van der Waals surface area contributed by atoms with Crippen LogP contribution < -0.4 is 26.1 Å². The van der Waals surface area contributed by atoms with Crippen LogP contribution in [-0.4, -0.2) is 92.8 Å². The quantitative estimate of drug-likeness (QED) is 0.420. The molecule has 0 saturated heterocycles. The van der Waals surface area contributed by atoms with Crippen molar-refractivity contribution in [3.63, 3.8) is 0 Å². The second-order valence-corrected chi connectivity index (χ2v) is 8.22. The molecule has 0 fully saturated rings. The lowest BCUT2D eigenvalue weighted by molar-refractivity contribution is -0.274. The van der Waals surface area contributed by atoms with E-state index >= 15 is 0 Å². The number of fused-ring (bicyclic) bond motifs is 1. The Morgan fingerprint density at radius 1 is 0.919 bits per heavy atom. The third kappa shape index (κ3) is 5.29. The van der Waals surface area contributed by atoms with E-state index in [4.69, 9.17) is 59.7 Å². The lowest BCUT2D eigenvalue weighted by Crippen LogP contribution is -2.69. The molecule has 16 heteroatoms. The Kier molecular flexibility index (Phi) is 6.75. The Hall–Kier alpha value is -3.17. The molecule has 6 nitrogen and oxygen atoms in total. The molecule has 4 rings (SSSR count). The molecule has 1 amide bonds. The van der Waals surface area contributed by atoms with E-state index in [9.17, 15) is 18.0 Å². The highest BCUT2D eigenvalue weighted by Gasteiger charge is 2.47. The van der Waals surface area contributed by atoms with E-state index in [1.807, 2.05) is 0 Å². The SMILES string of the molecule is [B]c1nc(CN2C(=O)c3cc(-c4ccc(OC(F)(F)F)cc4)ccc3OC([B])([B])C2([B])[B])nc([B])c1[B]. The van der Waals surface area contributed by atoms with Gasteiger partial charge in [0.05, 0.1) is 27.8 Å². The number of amides is 1. The third-order valence-electron chi connectivity index (χ3n) is 5.58. The second kappa shape index (κ2) is 9.29. The average Bonchev–Trinajstić information content (AvgIpc) is 2.84. The van der Waals surface area contributed by atoms with Crippen LogP contribution in [0.3, 0.4) is 0 Å². The summed E-state index contributed by atoms with van der Waals surface area (Å²) in [6, 6.07) is 9.35. The van der Waals surface area contributed by atoms with Gasteiger partial charge in [-0.1, -0.05) is 23.7 Å². The largest absolute Gasteiger partial charge is 0.573 e. The van der Waals surface area contributed by atoms with Crippen LogP contribution in [0.1, 0.15) is 16.2 Å². The zero-order chi connectivity index (χ0) is 27.3. The summed E-state index contributed by atoms with van der Waals surface area (Å²) in [5.74, 6) is -1.29. The van der Waals surface area contributed by atoms with E-state index in [1.165, 1.54) is 30.3 Å². The van der Waals surface area contributed by atoms with E-state index in [-0.39, 0.29) is 33.8 Å². The summed E-state index contributed by atoms with van der Waals surface area (Å²) in [5.41, 5.74) is 0.535. The van der Waals surface area contributed by atoms with Crippen molar-refractivity contribution in [2.24, 2.45) is 0 Å². The van der Waals surface area contributed by atoms with Crippen LogP contribution in [0.4, 0.5) is 13.2 Å². The minimum Gasteiger partial charge on any atom is -0.505 e. The standard InChI is InChI=1S/C21H9B7F3N3O3/c22-15-16(23)32-14(33-17(15)24)8-34-18(35)12-7-10(3-6-13(12)37-20(27,28)19(34,25)26)9-1-4-11(5-2-9)36-21(29,30)31/h1-7H,8H2. The van der Waals surface area contributed by atoms with E-state index in [1.54, 1.807) is 0 Å². The van der Waals surface area contributed by atoms with Crippen LogP contribution in [0.15, 0.2) is 42.5 Å². The maximum atomic E-state index is 13.7. The van der Waals surface area contributed by atoms with Crippen molar-refractivity contribution in [1.82, 2.24) is 14.9 Å². The van der Waals surface area contributed by atoms with Crippen molar-refractivity contribution in [2.45, 2.75) is 23.6 Å². The molecule has 2 heterocycles. The van der Waals surface area contributed by atoms with E-state index in [0.717, 1.165) is 17.0 Å². The Bertz CT molecular complexity index is 1350. The number of nitrogens with zero attached hydrogens (tertiary/aromatic N) is 3. The predicted molar refractivity (Wildman–Crippen MR) is 136 cm³/mol. The highest BCUT2D eigenvalue weighted by atomic mass is 19.4. The van der Waals surface area contributed by atoms with Crippen LogP contribution >= 0.6 is 0 Å². The third-order valence-corrected chi connectivity index (χ3v) is 5.58. The number of benzene rings is 2. The van der Waals surface area contributed by atoms with Crippen LogP contribution in [-0.2, 0) is 6.54 Å². The molecule has 0 bridgehead atoms. The van der Waals surface area contributed by atoms with Crippen LogP contribution in [0.25, 0.3) is 11.1 Å². The highest BCUT2D eigenvalue weighted by molar-refractivity contribution is 6.56. The molecule has 14 radical (unpaired) electrons. The monoisotopic (exact) mass is 485 g/mol. The Balaban J connectivity index is 1.75. The smallest absolute Gasteiger partial charge is 0.505 e. The molecule has 1 aromatic heterocycles. The number of hydrogen-bond donors (Lipinski definition) is 0. The molecule has 0 saturated carbocycles. The zero-order valence-electron chi connectivity index (χ0n) is 19.0. The molecule has 2 aromatic carbocycles. The first-order valence-electron chi connectivity index (χ1n) is 10.4. The summed E-state index contributed by atoms with van der Waals surface area (Å²) in [6.07, 6.45) is -4.84. The molecule has 0 spiro atoms. The van der Waals surface area contributed by atoms with Crippen molar-refractivity contribution in [2.75, 3.05) is 0 Å². The van der Waals surface area contributed by atoms with Crippen molar-refractivity contribution in [3.05, 3.63) is 53.9 Å². The number of carbonyl (C=O) groups is 1. The molecule has 37 heavy (non-hydrogen) atoms. The van der Waals surface area contributed by atoms with E-state index < -0.39 is 35.3 Å². The molecule has 0 aliphatic carbocycles. The first-order chi connectivity index (χ1) is 17.1. The summed E-state index contributed by atoms with van der Waals surface area (Å²) in [7, 11) is 41.7. The molecule has 0 N–H and O–H groups in total. The molecule has 3 aromatic rings. The Labute approximate surface area is 220 Å². The van der Waals surface area contributed by atoms with Gasteiger partial charge in [0.15, 0.2) is 0 Å². The maximum absolute atomic E-state index is 13.7. The number of alkyl halides is 3. The Morgan fingerprint density at radius 2 is 1.49 bits per heavy atom. The summed E-state index contributed by atoms with van der Waals surface area (Å²) in [4.78, 5) is 22.6. The van der Waals surface area contributed by atoms with Gasteiger partial charge in [0.1, 0.15) is 56.6 Å². The van der Waals surface area contributed by atoms with Gasteiger partial charge in [-0.25, -0.2) is 9.97 Å². The normalized spacial score (nSPS) is 16.4. The zero-order valence-corrected chi connectivity index (χ0v) is 19.0. The summed E-state index contributed by atoms with van der Waals surface area (Å²) in [5, 5.41) is -4.59. The fourth-order valence-corrected chi connectivity index (χ4v) is 3.57. The molecule has 0 unspecified atom stereocenters. The van der Waals surface area contributed by atoms with Gasteiger partial charge in [-0.2, -0.15) is 0 Å². The topological polar surface area (TPSA) is 64.6 Å².